The molecule has 116 valence electrons. The van der Waals surface area contributed by atoms with Gasteiger partial charge in [0.2, 0.25) is 5.91 Å². The molecule has 1 aliphatic heterocycles. The number of rotatable bonds is 0. The molecule has 0 bridgehead atoms. The van der Waals surface area contributed by atoms with E-state index in [-0.39, 0.29) is 17.7 Å². The van der Waals surface area contributed by atoms with Crippen molar-refractivity contribution in [1.29, 1.82) is 0 Å². The summed E-state index contributed by atoms with van der Waals surface area (Å²) in [6, 6.07) is 0. The molecule has 2 saturated carbocycles. The zero-order valence-corrected chi connectivity index (χ0v) is 13.2. The number of piperidine rings is 1. The molecule has 0 radical (unpaired) electrons. The van der Waals surface area contributed by atoms with Gasteiger partial charge >= 0.3 is 0 Å². The van der Waals surface area contributed by atoms with Crippen molar-refractivity contribution in [3.63, 3.8) is 0 Å². The average Bonchev–Trinajstić information content (AvgIpc) is 2.82. The second-order valence-corrected chi connectivity index (χ2v) is 8.37. The van der Waals surface area contributed by atoms with Crippen LogP contribution in [-0.4, -0.2) is 17.1 Å². The van der Waals surface area contributed by atoms with Crippen molar-refractivity contribution in [2.75, 3.05) is 0 Å². The maximum absolute atomic E-state index is 11.8. The molecule has 6 atom stereocenters. The summed E-state index contributed by atoms with van der Waals surface area (Å²) in [4.78, 5) is 11.8. The first kappa shape index (κ1) is 13.8. The lowest BCUT2D eigenvalue weighted by atomic mass is 9.49. The molecule has 3 aliphatic carbocycles. The van der Waals surface area contributed by atoms with Crippen LogP contribution in [0.3, 0.4) is 0 Å². The van der Waals surface area contributed by atoms with Crippen LogP contribution in [0.2, 0.25) is 0 Å². The zero-order chi connectivity index (χ0) is 14.8. The highest BCUT2D eigenvalue weighted by Gasteiger charge is 2.58. The second-order valence-electron chi connectivity index (χ2n) is 8.37. The minimum atomic E-state index is -0.518. The highest BCUT2D eigenvalue weighted by molar-refractivity contribution is 5.80. The summed E-state index contributed by atoms with van der Waals surface area (Å²) in [6.07, 6.45) is 9.67. The predicted molar refractivity (Wildman–Crippen MR) is 81.2 cm³/mol. The predicted octanol–water partition coefficient (Wildman–Crippen LogP) is 2.99. The third-order valence-corrected chi connectivity index (χ3v) is 7.51. The summed E-state index contributed by atoms with van der Waals surface area (Å²) in [5.74, 6) is 2.02. The summed E-state index contributed by atoms with van der Waals surface area (Å²) in [5, 5.41) is 13.7. The second kappa shape index (κ2) is 4.34. The van der Waals surface area contributed by atoms with E-state index in [1.54, 1.807) is 0 Å². The fourth-order valence-electron chi connectivity index (χ4n) is 6.23. The van der Waals surface area contributed by atoms with Gasteiger partial charge in [0.05, 0.1) is 12.5 Å². The molecule has 0 aromatic carbocycles. The van der Waals surface area contributed by atoms with Gasteiger partial charge in [-0.05, 0) is 55.3 Å². The van der Waals surface area contributed by atoms with Crippen molar-refractivity contribution in [3.05, 3.63) is 11.8 Å². The van der Waals surface area contributed by atoms with E-state index in [0.29, 0.717) is 17.3 Å². The number of allylic oxidation sites excluding steroid dienone is 1. The van der Waals surface area contributed by atoms with Crippen LogP contribution in [0.15, 0.2) is 11.8 Å². The van der Waals surface area contributed by atoms with Crippen LogP contribution in [0.5, 0.6) is 0 Å². The Labute approximate surface area is 127 Å². The van der Waals surface area contributed by atoms with Crippen LogP contribution < -0.4 is 5.32 Å². The quantitative estimate of drug-likeness (QED) is 0.720. The maximum Gasteiger partial charge on any atom is 0.226 e. The van der Waals surface area contributed by atoms with E-state index in [4.69, 9.17) is 0 Å². The standard InChI is InChI=1S/C18H27NO2/c1-17-8-3-4-12(17)11-5-6-14-18(2,13(11)7-9-17)15(20)10-16(21)19-14/h6,11-13,15,20H,3-5,7-10H2,1-2H3,(H,19,21)/t11-,12-,13-,15?,17-,18+/m0/s1. The van der Waals surface area contributed by atoms with Crippen LogP contribution in [0.4, 0.5) is 0 Å². The Bertz CT molecular complexity index is 513. The van der Waals surface area contributed by atoms with Crippen molar-refractivity contribution in [1.82, 2.24) is 5.32 Å². The van der Waals surface area contributed by atoms with E-state index in [1.165, 1.54) is 32.1 Å². The van der Waals surface area contributed by atoms with Crippen molar-refractivity contribution in [2.24, 2.45) is 28.6 Å². The van der Waals surface area contributed by atoms with Crippen LogP contribution in [0, 0.1) is 28.6 Å². The Morgan fingerprint density at radius 3 is 2.86 bits per heavy atom. The Hall–Kier alpha value is -0.830. The Balaban J connectivity index is 1.73. The maximum atomic E-state index is 11.8. The molecule has 1 heterocycles. The molecule has 0 aromatic heterocycles. The van der Waals surface area contributed by atoms with Gasteiger partial charge in [0, 0.05) is 11.1 Å². The lowest BCUT2D eigenvalue weighted by Gasteiger charge is -2.57. The van der Waals surface area contributed by atoms with Crippen molar-refractivity contribution in [2.45, 2.75) is 64.9 Å². The highest BCUT2D eigenvalue weighted by Crippen LogP contribution is 2.63. The average molecular weight is 289 g/mol. The molecule has 4 aliphatic rings. The van der Waals surface area contributed by atoms with Crippen LogP contribution in [0.1, 0.15) is 58.8 Å². The molecule has 3 nitrogen and oxygen atoms in total. The molecule has 3 heteroatoms. The topological polar surface area (TPSA) is 49.3 Å². The molecule has 3 fully saturated rings. The van der Waals surface area contributed by atoms with E-state index in [0.717, 1.165) is 18.0 Å². The summed E-state index contributed by atoms with van der Waals surface area (Å²) < 4.78 is 0. The lowest BCUT2D eigenvalue weighted by molar-refractivity contribution is -0.134. The highest BCUT2D eigenvalue weighted by atomic mass is 16.3. The fourth-order valence-corrected chi connectivity index (χ4v) is 6.23. The molecule has 1 unspecified atom stereocenters. The summed E-state index contributed by atoms with van der Waals surface area (Å²) in [5.41, 5.74) is 1.31. The third-order valence-electron chi connectivity index (χ3n) is 7.51. The minimum absolute atomic E-state index is 0.0220. The number of fused-ring (bicyclic) bond motifs is 5. The number of amides is 1. The van der Waals surface area contributed by atoms with Crippen LogP contribution in [0.25, 0.3) is 0 Å². The van der Waals surface area contributed by atoms with Crippen molar-refractivity contribution >= 4 is 5.91 Å². The molecule has 0 aromatic rings. The number of nitrogens with one attached hydrogen (secondary N) is 1. The first-order valence-electron chi connectivity index (χ1n) is 8.64. The summed E-state index contributed by atoms with van der Waals surface area (Å²) in [6.45, 7) is 4.68. The largest absolute Gasteiger partial charge is 0.392 e. The summed E-state index contributed by atoms with van der Waals surface area (Å²) >= 11 is 0. The Morgan fingerprint density at radius 2 is 2.05 bits per heavy atom. The Morgan fingerprint density at radius 1 is 1.24 bits per heavy atom. The van der Waals surface area contributed by atoms with E-state index in [1.807, 2.05) is 0 Å². The smallest absolute Gasteiger partial charge is 0.226 e. The molecular formula is C18H27NO2. The van der Waals surface area contributed by atoms with Crippen molar-refractivity contribution in [3.8, 4) is 0 Å². The van der Waals surface area contributed by atoms with E-state index in [9.17, 15) is 9.90 Å². The van der Waals surface area contributed by atoms with Gasteiger partial charge in [0.15, 0.2) is 0 Å². The van der Waals surface area contributed by atoms with Gasteiger partial charge in [0.1, 0.15) is 0 Å². The number of carbonyl (C=O) groups is 1. The molecule has 2 N–H and O–H groups in total. The Kier molecular flexibility index (Phi) is 2.86. The van der Waals surface area contributed by atoms with Gasteiger partial charge in [-0.25, -0.2) is 0 Å². The number of hydrogen-bond acceptors (Lipinski definition) is 2. The lowest BCUT2D eigenvalue weighted by Crippen LogP contribution is -2.58. The van der Waals surface area contributed by atoms with Gasteiger partial charge in [-0.2, -0.15) is 0 Å². The number of carbonyl (C=O) groups excluding carboxylic acids is 1. The van der Waals surface area contributed by atoms with Gasteiger partial charge in [-0.15, -0.1) is 0 Å². The number of aliphatic hydroxyl groups is 1. The van der Waals surface area contributed by atoms with E-state index in [2.05, 4.69) is 25.2 Å². The normalized spacial score (nSPS) is 52.3. The van der Waals surface area contributed by atoms with E-state index < -0.39 is 6.10 Å². The monoisotopic (exact) mass is 289 g/mol. The van der Waals surface area contributed by atoms with Gasteiger partial charge in [0.25, 0.3) is 0 Å². The molecule has 4 rings (SSSR count). The zero-order valence-electron chi connectivity index (χ0n) is 13.2. The summed E-state index contributed by atoms with van der Waals surface area (Å²) in [7, 11) is 0. The molecule has 0 spiro atoms. The first-order chi connectivity index (χ1) is 9.95. The van der Waals surface area contributed by atoms with Gasteiger partial charge in [-0.3, -0.25) is 4.79 Å². The fraction of sp³-hybridized carbons (Fsp3) is 0.833. The van der Waals surface area contributed by atoms with Crippen molar-refractivity contribution < 1.29 is 9.90 Å². The molecule has 1 amide bonds. The van der Waals surface area contributed by atoms with Gasteiger partial charge < -0.3 is 10.4 Å². The number of hydrogen-bond donors (Lipinski definition) is 2. The third kappa shape index (κ3) is 1.73. The van der Waals surface area contributed by atoms with Crippen LogP contribution >= 0.6 is 0 Å². The van der Waals surface area contributed by atoms with Gasteiger partial charge in [-0.1, -0.05) is 26.3 Å². The van der Waals surface area contributed by atoms with E-state index >= 15 is 0 Å². The molecule has 21 heavy (non-hydrogen) atoms. The minimum Gasteiger partial charge on any atom is -0.392 e. The molecule has 1 saturated heterocycles. The molecular weight excluding hydrogens is 262 g/mol. The SMILES string of the molecule is C[C@@]12CCC[C@H]1[C@@H]1CC=C3NC(=O)CC(O)[C@]3(C)[C@H]1CC2. The first-order valence-corrected chi connectivity index (χ1v) is 8.64. The van der Waals surface area contributed by atoms with Crippen LogP contribution in [-0.2, 0) is 4.79 Å². The number of aliphatic hydroxyl groups excluding tert-OH is 1.